The molecular weight excluding hydrogens is 434 g/mol. The summed E-state index contributed by atoms with van der Waals surface area (Å²) in [4.78, 5) is 44.1. The summed E-state index contributed by atoms with van der Waals surface area (Å²) in [5.74, 6) is -1.26. The summed E-state index contributed by atoms with van der Waals surface area (Å²) in [6.07, 6.45) is 0. The van der Waals surface area contributed by atoms with Crippen LogP contribution in [0.3, 0.4) is 0 Å². The van der Waals surface area contributed by atoms with Gasteiger partial charge in [0.25, 0.3) is 17.7 Å². The Balaban J connectivity index is 1.44. The summed E-state index contributed by atoms with van der Waals surface area (Å²) in [6.45, 7) is 1.84. The number of imide groups is 1. The topological polar surface area (TPSA) is 79.4 Å². The normalized spacial score (nSPS) is 13.0. The summed E-state index contributed by atoms with van der Waals surface area (Å²) in [5.41, 5.74) is 2.83. The number of carbonyl (C=O) groups excluding carboxylic acids is 3. The summed E-state index contributed by atoms with van der Waals surface area (Å²) in [7, 11) is 0. The average molecular weight is 448 g/mol. The molecular formula is C23H14ClN3O3S. The highest BCUT2D eigenvalue weighted by Crippen LogP contribution is 2.32. The lowest BCUT2D eigenvalue weighted by Crippen LogP contribution is -2.29. The summed E-state index contributed by atoms with van der Waals surface area (Å²) < 4.78 is 0.853. The summed E-state index contributed by atoms with van der Waals surface area (Å²) in [6, 6.07) is 17.0. The molecule has 3 aromatic carbocycles. The van der Waals surface area contributed by atoms with Gasteiger partial charge in [0.15, 0.2) is 5.13 Å². The smallest absolute Gasteiger partial charge is 0.266 e. The van der Waals surface area contributed by atoms with Crippen LogP contribution < -0.4 is 10.2 Å². The van der Waals surface area contributed by atoms with Gasteiger partial charge in [-0.15, -0.1) is 0 Å². The Hall–Kier alpha value is -3.55. The first-order valence-electron chi connectivity index (χ1n) is 9.38. The average Bonchev–Trinajstić information content (AvgIpc) is 3.26. The van der Waals surface area contributed by atoms with Crippen LogP contribution >= 0.6 is 22.9 Å². The van der Waals surface area contributed by atoms with Gasteiger partial charge in [-0.1, -0.05) is 41.1 Å². The van der Waals surface area contributed by atoms with Crippen molar-refractivity contribution in [1.29, 1.82) is 0 Å². The van der Waals surface area contributed by atoms with Gasteiger partial charge in [-0.05, 0) is 55.0 Å². The molecule has 1 N–H and O–H groups in total. The first-order chi connectivity index (χ1) is 14.9. The Morgan fingerprint density at radius 1 is 1.00 bits per heavy atom. The molecule has 0 aliphatic carbocycles. The number of nitrogens with one attached hydrogen (secondary N) is 1. The fourth-order valence-corrected chi connectivity index (χ4v) is 4.67. The third kappa shape index (κ3) is 3.28. The van der Waals surface area contributed by atoms with Gasteiger partial charge >= 0.3 is 0 Å². The van der Waals surface area contributed by atoms with Crippen LogP contribution in [0, 0.1) is 6.92 Å². The van der Waals surface area contributed by atoms with E-state index in [0.717, 1.165) is 20.7 Å². The van der Waals surface area contributed by atoms with Crippen LogP contribution in [-0.4, -0.2) is 22.7 Å². The van der Waals surface area contributed by atoms with E-state index in [1.165, 1.54) is 29.5 Å². The molecule has 0 atom stereocenters. The molecule has 0 fully saturated rings. The first-order valence-corrected chi connectivity index (χ1v) is 10.6. The van der Waals surface area contributed by atoms with Gasteiger partial charge in [-0.2, -0.15) is 0 Å². The molecule has 1 aliphatic heterocycles. The van der Waals surface area contributed by atoms with Gasteiger partial charge in [-0.25, -0.2) is 9.88 Å². The molecule has 0 radical (unpaired) electrons. The summed E-state index contributed by atoms with van der Waals surface area (Å²) in [5, 5.41) is 3.77. The van der Waals surface area contributed by atoms with E-state index in [9.17, 15) is 14.4 Å². The minimum atomic E-state index is -0.446. The summed E-state index contributed by atoms with van der Waals surface area (Å²) >= 11 is 7.31. The number of fused-ring (bicyclic) bond motifs is 2. The number of nitrogens with zero attached hydrogens (tertiary/aromatic N) is 2. The van der Waals surface area contributed by atoms with Gasteiger partial charge in [0, 0.05) is 10.6 Å². The number of aryl methyl sites for hydroxylation is 1. The third-order valence-electron chi connectivity index (χ3n) is 5.08. The number of para-hydroxylation sites is 1. The van der Waals surface area contributed by atoms with Crippen LogP contribution in [-0.2, 0) is 0 Å². The molecule has 31 heavy (non-hydrogen) atoms. The van der Waals surface area contributed by atoms with Gasteiger partial charge in [0.2, 0.25) is 0 Å². The molecule has 6 nitrogen and oxygen atoms in total. The van der Waals surface area contributed by atoms with E-state index in [1.807, 2.05) is 19.1 Å². The van der Waals surface area contributed by atoms with Crippen LogP contribution in [0.1, 0.15) is 36.6 Å². The molecule has 1 aromatic heterocycles. The van der Waals surface area contributed by atoms with Crippen molar-refractivity contribution in [2.75, 3.05) is 10.2 Å². The molecule has 5 rings (SSSR count). The molecule has 8 heteroatoms. The number of hydrogen-bond acceptors (Lipinski definition) is 5. The molecule has 1 aliphatic rings. The number of benzene rings is 3. The largest absolute Gasteiger partial charge is 0.298 e. The molecule has 152 valence electrons. The van der Waals surface area contributed by atoms with Crippen molar-refractivity contribution in [2.45, 2.75) is 6.92 Å². The lowest BCUT2D eigenvalue weighted by molar-refractivity contribution is 0.0925. The Morgan fingerprint density at radius 3 is 2.58 bits per heavy atom. The lowest BCUT2D eigenvalue weighted by atomic mass is 10.1. The van der Waals surface area contributed by atoms with Gasteiger partial charge in [-0.3, -0.25) is 19.7 Å². The van der Waals surface area contributed by atoms with E-state index in [-0.39, 0.29) is 16.7 Å². The highest BCUT2D eigenvalue weighted by molar-refractivity contribution is 7.22. The molecule has 0 unspecified atom stereocenters. The molecule has 0 saturated heterocycles. The van der Waals surface area contributed by atoms with Crippen molar-refractivity contribution in [3.8, 4) is 0 Å². The Labute approximate surface area is 186 Å². The van der Waals surface area contributed by atoms with Crippen molar-refractivity contribution in [3.05, 3.63) is 87.9 Å². The number of anilines is 2. The zero-order chi connectivity index (χ0) is 21.7. The van der Waals surface area contributed by atoms with E-state index in [0.29, 0.717) is 15.8 Å². The van der Waals surface area contributed by atoms with E-state index >= 15 is 0 Å². The van der Waals surface area contributed by atoms with Crippen LogP contribution in [0.5, 0.6) is 0 Å². The molecule has 4 aromatic rings. The quantitative estimate of drug-likeness (QED) is 0.431. The van der Waals surface area contributed by atoms with Gasteiger partial charge < -0.3 is 0 Å². The van der Waals surface area contributed by atoms with Crippen molar-refractivity contribution in [2.24, 2.45) is 0 Å². The zero-order valence-corrected chi connectivity index (χ0v) is 17.8. The second kappa shape index (κ2) is 7.30. The van der Waals surface area contributed by atoms with Crippen molar-refractivity contribution < 1.29 is 14.4 Å². The predicted octanol–water partition coefficient (Wildman–Crippen LogP) is 5.31. The third-order valence-corrected chi connectivity index (χ3v) is 6.24. The first kappa shape index (κ1) is 19.4. The molecule has 0 spiro atoms. The highest BCUT2D eigenvalue weighted by atomic mass is 35.5. The number of rotatable bonds is 3. The minimum Gasteiger partial charge on any atom is -0.298 e. The predicted molar refractivity (Wildman–Crippen MR) is 121 cm³/mol. The zero-order valence-electron chi connectivity index (χ0n) is 16.2. The number of carbonyl (C=O) groups is 3. The standard InChI is InChI=1S/C23H14ClN3O3S/c1-12-4-2-3-5-18(12)27-21(29)15-8-6-13(10-16(15)22(27)30)20(28)26-23-25-17-9-7-14(24)11-19(17)31-23/h2-11H,1H3,(H,25,26,28). The Bertz CT molecular complexity index is 1410. The van der Waals surface area contributed by atoms with E-state index in [4.69, 9.17) is 11.6 Å². The fraction of sp³-hybridized carbons (Fsp3) is 0.0435. The maximum Gasteiger partial charge on any atom is 0.266 e. The fourth-order valence-electron chi connectivity index (χ4n) is 3.54. The maximum absolute atomic E-state index is 13.0. The van der Waals surface area contributed by atoms with Crippen LogP contribution in [0.4, 0.5) is 10.8 Å². The lowest BCUT2D eigenvalue weighted by Gasteiger charge is -2.16. The van der Waals surface area contributed by atoms with Crippen LogP contribution in [0.2, 0.25) is 5.02 Å². The minimum absolute atomic E-state index is 0.206. The van der Waals surface area contributed by atoms with Crippen LogP contribution in [0.15, 0.2) is 60.7 Å². The number of amides is 3. The maximum atomic E-state index is 13.0. The molecule has 0 bridgehead atoms. The molecule has 0 saturated carbocycles. The number of halogens is 1. The monoisotopic (exact) mass is 447 g/mol. The second-order valence-electron chi connectivity index (χ2n) is 7.08. The second-order valence-corrected chi connectivity index (χ2v) is 8.54. The van der Waals surface area contributed by atoms with E-state index in [2.05, 4.69) is 10.3 Å². The Kier molecular flexibility index (Phi) is 4.57. The molecule has 2 heterocycles. The van der Waals surface area contributed by atoms with Crippen molar-refractivity contribution >= 4 is 61.7 Å². The van der Waals surface area contributed by atoms with E-state index < -0.39 is 17.7 Å². The van der Waals surface area contributed by atoms with Gasteiger partial charge in [0.1, 0.15) is 0 Å². The van der Waals surface area contributed by atoms with Crippen molar-refractivity contribution in [3.63, 3.8) is 0 Å². The van der Waals surface area contributed by atoms with Crippen LogP contribution in [0.25, 0.3) is 10.2 Å². The molecule has 3 amide bonds. The van der Waals surface area contributed by atoms with Crippen molar-refractivity contribution in [1.82, 2.24) is 4.98 Å². The van der Waals surface area contributed by atoms with Gasteiger partial charge in [0.05, 0.1) is 27.0 Å². The highest BCUT2D eigenvalue weighted by Gasteiger charge is 2.37. The number of thiazole rings is 1. The number of hydrogen-bond donors (Lipinski definition) is 1. The Morgan fingerprint density at radius 2 is 1.77 bits per heavy atom. The van der Waals surface area contributed by atoms with E-state index in [1.54, 1.807) is 30.3 Å². The SMILES string of the molecule is Cc1ccccc1N1C(=O)c2ccc(C(=O)Nc3nc4ccc(Cl)cc4s3)cc2C1=O. The number of aromatic nitrogens is 1.